The van der Waals surface area contributed by atoms with E-state index in [4.69, 9.17) is 14.2 Å². The van der Waals surface area contributed by atoms with E-state index in [0.717, 1.165) is 89.9 Å². The minimum atomic E-state index is -1.64. The van der Waals surface area contributed by atoms with Gasteiger partial charge in [0, 0.05) is 6.42 Å². The van der Waals surface area contributed by atoms with Crippen LogP contribution in [0.5, 0.6) is 0 Å². The van der Waals surface area contributed by atoms with Gasteiger partial charge in [-0.25, -0.2) is 0 Å². The molecule has 8 atom stereocenters. The van der Waals surface area contributed by atoms with Crippen LogP contribution in [-0.2, 0) is 23.8 Å². The van der Waals surface area contributed by atoms with Crippen LogP contribution in [0.4, 0.5) is 0 Å². The van der Waals surface area contributed by atoms with Crippen LogP contribution in [0, 0.1) is 0 Å². The third-order valence-corrected chi connectivity index (χ3v) is 13.0. The number of esters is 1. The molecule has 8 unspecified atom stereocenters. The molecule has 0 aromatic rings. The zero-order valence-electron chi connectivity index (χ0n) is 45.5. The summed E-state index contributed by atoms with van der Waals surface area (Å²) in [5, 5.41) is 56.8. The average molecular weight is 1010 g/mol. The predicted octanol–water partition coefficient (Wildman–Crippen LogP) is 13.0. The summed E-state index contributed by atoms with van der Waals surface area (Å²) < 4.78 is 17.5. The molecule has 1 heterocycles. The van der Waals surface area contributed by atoms with Crippen LogP contribution < -0.4 is 5.32 Å². The maximum atomic E-state index is 13.4. The number of carbonyl (C=O) groups is 2. The van der Waals surface area contributed by atoms with Gasteiger partial charge >= 0.3 is 5.97 Å². The van der Waals surface area contributed by atoms with Crippen LogP contribution in [0.15, 0.2) is 85.1 Å². The Morgan fingerprint density at radius 2 is 1.00 bits per heavy atom. The van der Waals surface area contributed by atoms with Crippen molar-refractivity contribution in [2.45, 2.75) is 275 Å². The molecule has 11 nitrogen and oxygen atoms in total. The second-order valence-corrected chi connectivity index (χ2v) is 19.7. The van der Waals surface area contributed by atoms with E-state index >= 15 is 0 Å². The van der Waals surface area contributed by atoms with Gasteiger partial charge in [-0.2, -0.15) is 0 Å². The fraction of sp³-hybridized carbons (Fsp3) is 0.738. The van der Waals surface area contributed by atoms with Gasteiger partial charge in [0.1, 0.15) is 24.4 Å². The van der Waals surface area contributed by atoms with Gasteiger partial charge in [-0.1, -0.05) is 215 Å². The number of amides is 1. The molecule has 0 radical (unpaired) electrons. The Labute approximate surface area is 438 Å². The van der Waals surface area contributed by atoms with E-state index in [0.29, 0.717) is 19.3 Å². The molecule has 0 aromatic heterocycles. The first-order chi connectivity index (χ1) is 35.2. The Morgan fingerprint density at radius 3 is 1.54 bits per heavy atom. The monoisotopic (exact) mass is 1010 g/mol. The zero-order chi connectivity index (χ0) is 52.5. The highest BCUT2D eigenvalue weighted by Crippen LogP contribution is 2.26. The smallest absolute Gasteiger partial charge is 0.306 e. The largest absolute Gasteiger partial charge is 0.454 e. The van der Waals surface area contributed by atoms with Crippen LogP contribution in [0.3, 0.4) is 0 Å². The van der Waals surface area contributed by atoms with E-state index in [1.165, 1.54) is 83.5 Å². The fourth-order valence-corrected chi connectivity index (χ4v) is 8.40. The molecule has 0 spiro atoms. The van der Waals surface area contributed by atoms with E-state index in [2.05, 4.69) is 86.8 Å². The van der Waals surface area contributed by atoms with Gasteiger partial charge in [-0.15, -0.1) is 0 Å². The van der Waals surface area contributed by atoms with Gasteiger partial charge in [0.15, 0.2) is 12.4 Å². The van der Waals surface area contributed by atoms with Gasteiger partial charge < -0.3 is 45.1 Å². The first-order valence-electron chi connectivity index (χ1n) is 28.9. The van der Waals surface area contributed by atoms with Crippen molar-refractivity contribution in [2.75, 3.05) is 13.2 Å². The van der Waals surface area contributed by atoms with Crippen molar-refractivity contribution in [3.05, 3.63) is 85.1 Å². The van der Waals surface area contributed by atoms with E-state index in [1.54, 1.807) is 6.08 Å². The van der Waals surface area contributed by atoms with Crippen molar-refractivity contribution in [1.29, 1.82) is 0 Å². The summed E-state index contributed by atoms with van der Waals surface area (Å²) in [5.41, 5.74) is 0. The lowest BCUT2D eigenvalue weighted by Gasteiger charge is -2.41. The quantitative estimate of drug-likeness (QED) is 0.0149. The molecule has 1 amide bonds. The minimum Gasteiger partial charge on any atom is -0.454 e. The number of aliphatic hydroxyl groups excluding tert-OH is 5. The van der Waals surface area contributed by atoms with Crippen LogP contribution >= 0.6 is 0 Å². The minimum absolute atomic E-state index is 0.0427. The SMILES string of the molecule is CCCCC/C=C\C/C=C\C/C=C\C/C=C\CCCC(=O)OC1C(OCC(NC(=O)C(O)CCCCCCC/C=C/C=C/CCCCC)C(O)/C=C/CCCCCCCCCCCC)OC(CO)C(O)C1O. The Bertz CT molecular complexity index is 1490. The zero-order valence-corrected chi connectivity index (χ0v) is 45.5. The number of hydrogen-bond acceptors (Lipinski definition) is 10. The van der Waals surface area contributed by atoms with Gasteiger partial charge in [-0.3, -0.25) is 9.59 Å². The number of ether oxygens (including phenoxy) is 3. The number of unbranched alkanes of at least 4 members (excludes halogenated alkanes) is 22. The van der Waals surface area contributed by atoms with Crippen LogP contribution in [0.1, 0.15) is 226 Å². The number of allylic oxidation sites excluding steroid dienone is 13. The summed E-state index contributed by atoms with van der Waals surface area (Å²) in [6.07, 6.45) is 52.0. The van der Waals surface area contributed by atoms with Gasteiger partial charge in [0.25, 0.3) is 0 Å². The molecule has 0 bridgehead atoms. The van der Waals surface area contributed by atoms with E-state index in [-0.39, 0.29) is 19.4 Å². The predicted molar refractivity (Wildman–Crippen MR) is 296 cm³/mol. The van der Waals surface area contributed by atoms with E-state index in [9.17, 15) is 35.1 Å². The third kappa shape index (κ3) is 36.7. The van der Waals surface area contributed by atoms with Crippen molar-refractivity contribution in [2.24, 2.45) is 0 Å². The number of aliphatic hydroxyl groups is 5. The molecule has 11 heteroatoms. The fourth-order valence-electron chi connectivity index (χ4n) is 8.40. The Balaban J connectivity index is 2.78. The summed E-state index contributed by atoms with van der Waals surface area (Å²) in [6.45, 7) is 5.67. The molecule has 1 rings (SSSR count). The van der Waals surface area contributed by atoms with Crippen LogP contribution in [0.25, 0.3) is 0 Å². The molecular formula is C61H105NO10. The normalized spacial score (nSPS) is 20.1. The third-order valence-electron chi connectivity index (χ3n) is 13.0. The maximum absolute atomic E-state index is 13.4. The number of nitrogens with one attached hydrogen (secondary N) is 1. The first kappa shape index (κ1) is 66.9. The molecule has 0 saturated carbocycles. The van der Waals surface area contributed by atoms with Gasteiger partial charge in [0.2, 0.25) is 5.91 Å². The van der Waals surface area contributed by atoms with Gasteiger partial charge in [0.05, 0.1) is 25.4 Å². The molecule has 1 aliphatic rings. The Hall–Kier alpha value is -3.16. The van der Waals surface area contributed by atoms with Crippen molar-refractivity contribution < 1.29 is 49.3 Å². The topological polar surface area (TPSA) is 175 Å². The summed E-state index contributed by atoms with van der Waals surface area (Å²) in [5.74, 6) is -1.27. The molecule has 0 aromatic carbocycles. The van der Waals surface area contributed by atoms with Crippen molar-refractivity contribution >= 4 is 11.9 Å². The number of hydrogen-bond donors (Lipinski definition) is 6. The second kappa shape index (κ2) is 48.8. The molecule has 1 aliphatic heterocycles. The summed E-state index contributed by atoms with van der Waals surface area (Å²) in [6, 6.07) is -1.04. The van der Waals surface area contributed by atoms with E-state index < -0.39 is 67.4 Å². The standard InChI is InChI=1S/C61H105NO10/c1-4-7-10-13-16-19-22-25-27-28-29-31-34-37-40-43-46-49-56(66)72-59-58(68)57(67)55(50-63)71-61(59)70-51-52(53(64)47-44-41-38-35-32-24-21-18-15-12-9-6-3)62-60(69)54(65)48-45-42-39-36-33-30-26-23-20-17-14-11-8-5-2/h16-17,19-20,23,25-27,29,31,37,40,44,47,52-55,57-59,61,63-65,67-68H,4-15,18,21-22,24,28,30,32-36,38-39,41-43,45-46,48-51H2,1-3H3,(H,62,69)/b19-16-,20-17+,26-23+,27-25-,31-29-,40-37-,47-44+. The lowest BCUT2D eigenvalue weighted by molar-refractivity contribution is -0.305. The first-order valence-corrected chi connectivity index (χ1v) is 28.9. The summed E-state index contributed by atoms with van der Waals surface area (Å²) in [7, 11) is 0. The lowest BCUT2D eigenvalue weighted by Crippen LogP contribution is -2.61. The molecule has 414 valence electrons. The summed E-state index contributed by atoms with van der Waals surface area (Å²) >= 11 is 0. The number of rotatable bonds is 47. The second-order valence-electron chi connectivity index (χ2n) is 19.7. The highest BCUT2D eigenvalue weighted by molar-refractivity contribution is 5.80. The lowest BCUT2D eigenvalue weighted by atomic mass is 9.99. The molecule has 72 heavy (non-hydrogen) atoms. The average Bonchev–Trinajstić information content (AvgIpc) is 3.38. The highest BCUT2D eigenvalue weighted by Gasteiger charge is 2.47. The Morgan fingerprint density at radius 1 is 0.556 bits per heavy atom. The van der Waals surface area contributed by atoms with Crippen molar-refractivity contribution in [1.82, 2.24) is 5.32 Å². The van der Waals surface area contributed by atoms with Crippen LogP contribution in [0.2, 0.25) is 0 Å². The molecule has 0 aliphatic carbocycles. The molecular weight excluding hydrogens is 907 g/mol. The highest BCUT2D eigenvalue weighted by atomic mass is 16.7. The van der Waals surface area contributed by atoms with Crippen LogP contribution in [-0.4, -0.2) is 99.6 Å². The molecule has 6 N–H and O–H groups in total. The maximum Gasteiger partial charge on any atom is 0.306 e. The van der Waals surface area contributed by atoms with Crippen molar-refractivity contribution in [3.8, 4) is 0 Å². The number of carbonyl (C=O) groups excluding carboxylic acids is 2. The molecule has 1 fully saturated rings. The summed E-state index contributed by atoms with van der Waals surface area (Å²) in [4.78, 5) is 26.4. The molecule has 1 saturated heterocycles. The van der Waals surface area contributed by atoms with Gasteiger partial charge in [-0.05, 0) is 89.9 Å². The van der Waals surface area contributed by atoms with E-state index in [1.807, 2.05) is 18.2 Å². The Kier molecular flexibility index (Phi) is 45.3. The van der Waals surface area contributed by atoms with Crippen molar-refractivity contribution in [3.63, 3.8) is 0 Å².